The predicted octanol–water partition coefficient (Wildman–Crippen LogP) is 5.54. The molecule has 3 heterocycles. The minimum absolute atomic E-state index is 0.0275. The monoisotopic (exact) mass is 380 g/mol. The summed E-state index contributed by atoms with van der Waals surface area (Å²) in [7, 11) is 0. The molecule has 5 heteroatoms. The topological polar surface area (TPSA) is 27.7 Å². The lowest BCUT2D eigenvalue weighted by molar-refractivity contribution is -0.488. The van der Waals surface area contributed by atoms with Crippen LogP contribution in [-0.2, 0) is 14.2 Å². The minimum Gasteiger partial charge on any atom is -0.326 e. The number of rotatable bonds is 6. The Hall–Kier alpha value is -1.04. The smallest absolute Gasteiger partial charge is 0.285 e. The second kappa shape index (κ2) is 7.76. The maximum Gasteiger partial charge on any atom is 0.285 e. The van der Waals surface area contributed by atoms with Gasteiger partial charge in [0.25, 0.3) is 5.97 Å². The van der Waals surface area contributed by atoms with Crippen molar-refractivity contribution in [1.29, 1.82) is 0 Å². The fourth-order valence-electron chi connectivity index (χ4n) is 4.88. The minimum atomic E-state index is -0.883. The number of benzene rings is 1. The highest BCUT2D eigenvalue weighted by atomic mass is 19.2. The van der Waals surface area contributed by atoms with E-state index in [2.05, 4.69) is 6.92 Å². The lowest BCUT2D eigenvalue weighted by Gasteiger charge is -2.55. The van der Waals surface area contributed by atoms with Gasteiger partial charge in [-0.3, -0.25) is 0 Å². The fourth-order valence-corrected chi connectivity index (χ4v) is 4.88. The zero-order chi connectivity index (χ0) is 18.9. The molecular formula is C22H30F2O3. The van der Waals surface area contributed by atoms with Crippen molar-refractivity contribution in [2.24, 2.45) is 11.3 Å². The molecule has 5 rings (SSSR count). The molecule has 27 heavy (non-hydrogen) atoms. The van der Waals surface area contributed by atoms with Crippen molar-refractivity contribution in [2.45, 2.75) is 70.2 Å². The first kappa shape index (κ1) is 19.3. The van der Waals surface area contributed by atoms with E-state index >= 15 is 0 Å². The van der Waals surface area contributed by atoms with E-state index in [1.807, 2.05) is 0 Å². The summed E-state index contributed by atoms with van der Waals surface area (Å²) in [6.45, 7) is 4.38. The van der Waals surface area contributed by atoms with Crippen LogP contribution in [-0.4, -0.2) is 25.8 Å². The summed E-state index contributed by atoms with van der Waals surface area (Å²) in [5, 5.41) is 0. The molecule has 0 aromatic heterocycles. The van der Waals surface area contributed by atoms with Gasteiger partial charge in [-0.2, -0.15) is 0 Å². The van der Waals surface area contributed by atoms with Gasteiger partial charge in [-0.15, -0.1) is 0 Å². The molecule has 3 aliphatic heterocycles. The summed E-state index contributed by atoms with van der Waals surface area (Å²) >= 11 is 0. The summed E-state index contributed by atoms with van der Waals surface area (Å²) in [6, 6.07) is 4.27. The van der Waals surface area contributed by atoms with E-state index in [9.17, 15) is 8.78 Å². The van der Waals surface area contributed by atoms with Crippen LogP contribution >= 0.6 is 0 Å². The van der Waals surface area contributed by atoms with Gasteiger partial charge in [0.2, 0.25) is 0 Å². The zero-order valence-corrected chi connectivity index (χ0v) is 16.1. The quantitative estimate of drug-likeness (QED) is 0.607. The van der Waals surface area contributed by atoms with Crippen LogP contribution in [0.25, 0.3) is 0 Å². The standard InChI is InChI=1S/C22H30F2O3/c1-2-3-4-11-21-13-25-22(26-14-21,27-15-21)18-8-5-16(6-9-18)17-7-10-19(23)20(24)12-17/h7,10,12,16,18H,2-6,8-9,11,13-15H2,1H3. The molecule has 0 unspecified atom stereocenters. The van der Waals surface area contributed by atoms with E-state index in [-0.39, 0.29) is 17.3 Å². The van der Waals surface area contributed by atoms with Gasteiger partial charge >= 0.3 is 0 Å². The molecule has 1 aliphatic carbocycles. The van der Waals surface area contributed by atoms with Gasteiger partial charge in [0.05, 0.1) is 19.8 Å². The van der Waals surface area contributed by atoms with Crippen molar-refractivity contribution in [1.82, 2.24) is 0 Å². The van der Waals surface area contributed by atoms with E-state index in [0.29, 0.717) is 0 Å². The third-order valence-electron chi connectivity index (χ3n) is 6.69. The molecule has 0 amide bonds. The summed E-state index contributed by atoms with van der Waals surface area (Å²) in [4.78, 5) is 0. The average Bonchev–Trinajstić information content (AvgIpc) is 2.72. The van der Waals surface area contributed by atoms with Crippen LogP contribution in [0.15, 0.2) is 18.2 Å². The average molecular weight is 380 g/mol. The van der Waals surface area contributed by atoms with Crippen LogP contribution in [0.5, 0.6) is 0 Å². The Labute approximate surface area is 160 Å². The molecule has 0 radical (unpaired) electrons. The molecule has 4 aliphatic rings. The van der Waals surface area contributed by atoms with E-state index in [1.165, 1.54) is 31.4 Å². The van der Waals surface area contributed by atoms with Crippen molar-refractivity contribution in [3.63, 3.8) is 0 Å². The number of hydrogen-bond acceptors (Lipinski definition) is 3. The summed E-state index contributed by atoms with van der Waals surface area (Å²) in [5.41, 5.74) is 0.912. The van der Waals surface area contributed by atoms with Gasteiger partial charge in [-0.05, 0) is 55.7 Å². The lowest BCUT2D eigenvalue weighted by atomic mass is 9.76. The molecule has 3 nitrogen and oxygen atoms in total. The summed E-state index contributed by atoms with van der Waals surface area (Å²) in [5.74, 6) is -1.97. The van der Waals surface area contributed by atoms with E-state index in [0.717, 1.165) is 57.5 Å². The predicted molar refractivity (Wildman–Crippen MR) is 98.2 cm³/mol. The maximum atomic E-state index is 13.5. The third kappa shape index (κ3) is 3.79. The molecule has 0 spiro atoms. The number of halogens is 2. The first-order chi connectivity index (χ1) is 13.1. The Morgan fingerprint density at radius 1 is 0.926 bits per heavy atom. The Balaban J connectivity index is 1.33. The highest BCUT2D eigenvalue weighted by Gasteiger charge is 2.56. The van der Waals surface area contributed by atoms with Crippen LogP contribution in [0.4, 0.5) is 8.78 Å². The van der Waals surface area contributed by atoms with Crippen LogP contribution in [0.1, 0.15) is 69.8 Å². The molecule has 150 valence electrons. The maximum absolute atomic E-state index is 13.5. The largest absolute Gasteiger partial charge is 0.326 e. The van der Waals surface area contributed by atoms with Gasteiger partial charge in [0.1, 0.15) is 0 Å². The van der Waals surface area contributed by atoms with Crippen molar-refractivity contribution >= 4 is 0 Å². The van der Waals surface area contributed by atoms with E-state index in [4.69, 9.17) is 14.2 Å². The molecule has 2 bridgehead atoms. The Morgan fingerprint density at radius 3 is 2.19 bits per heavy atom. The summed E-state index contributed by atoms with van der Waals surface area (Å²) < 4.78 is 45.2. The zero-order valence-electron chi connectivity index (χ0n) is 16.1. The number of ether oxygens (including phenoxy) is 3. The third-order valence-corrected chi connectivity index (χ3v) is 6.69. The van der Waals surface area contributed by atoms with Crippen LogP contribution in [0, 0.1) is 23.0 Å². The van der Waals surface area contributed by atoms with E-state index in [1.54, 1.807) is 6.07 Å². The molecule has 0 N–H and O–H groups in total. The van der Waals surface area contributed by atoms with Gasteiger partial charge in [-0.25, -0.2) is 8.78 Å². The molecule has 0 atom stereocenters. The highest BCUT2D eigenvalue weighted by Crippen LogP contribution is 2.50. The van der Waals surface area contributed by atoms with Crippen molar-refractivity contribution in [3.05, 3.63) is 35.4 Å². The van der Waals surface area contributed by atoms with Crippen molar-refractivity contribution in [3.8, 4) is 0 Å². The Bertz CT molecular complexity index is 630. The van der Waals surface area contributed by atoms with Gasteiger partial charge < -0.3 is 14.2 Å². The summed E-state index contributed by atoms with van der Waals surface area (Å²) in [6.07, 6.45) is 8.38. The Morgan fingerprint density at radius 2 is 1.59 bits per heavy atom. The van der Waals surface area contributed by atoms with Gasteiger partial charge in [0.15, 0.2) is 11.6 Å². The Kier molecular flexibility index (Phi) is 5.55. The van der Waals surface area contributed by atoms with E-state index < -0.39 is 17.6 Å². The number of unbranched alkanes of at least 4 members (excludes halogenated alkanes) is 2. The molecular weight excluding hydrogens is 350 g/mol. The van der Waals surface area contributed by atoms with Crippen LogP contribution in [0.2, 0.25) is 0 Å². The van der Waals surface area contributed by atoms with Crippen LogP contribution in [0.3, 0.4) is 0 Å². The van der Waals surface area contributed by atoms with Crippen LogP contribution < -0.4 is 0 Å². The fraction of sp³-hybridized carbons (Fsp3) is 0.727. The lowest BCUT2D eigenvalue weighted by Crippen LogP contribution is -2.63. The van der Waals surface area contributed by atoms with Gasteiger partial charge in [0, 0.05) is 11.3 Å². The molecule has 1 aromatic carbocycles. The molecule has 3 saturated heterocycles. The second-order valence-electron chi connectivity index (χ2n) is 8.65. The van der Waals surface area contributed by atoms with Crippen molar-refractivity contribution in [2.75, 3.05) is 19.8 Å². The highest BCUT2D eigenvalue weighted by molar-refractivity contribution is 5.22. The normalized spacial score (nSPS) is 36.1. The molecule has 1 aromatic rings. The van der Waals surface area contributed by atoms with Crippen molar-refractivity contribution < 1.29 is 23.0 Å². The molecule has 1 saturated carbocycles. The van der Waals surface area contributed by atoms with Gasteiger partial charge in [-0.1, -0.05) is 32.3 Å². The first-order valence-corrected chi connectivity index (χ1v) is 10.4. The number of fused-ring (bicyclic) bond motifs is 3. The second-order valence-corrected chi connectivity index (χ2v) is 8.65. The number of hydrogen-bond donors (Lipinski definition) is 0. The molecule has 4 fully saturated rings. The SMILES string of the molecule is CCCCCC12COC(C3CCC(c4ccc(F)c(F)c4)CC3)(OC1)OC2. The first-order valence-electron chi connectivity index (χ1n) is 10.4.